The van der Waals surface area contributed by atoms with E-state index in [9.17, 15) is 4.79 Å². The molecule has 2 aliphatic rings. The third-order valence-electron chi connectivity index (χ3n) is 6.09. The first kappa shape index (κ1) is 27.9. The molecule has 1 aromatic rings. The van der Waals surface area contributed by atoms with E-state index in [1.807, 2.05) is 6.07 Å². The lowest BCUT2D eigenvalue weighted by Crippen LogP contribution is -2.46. The molecular weight excluding hydrogens is 435 g/mol. The monoisotopic (exact) mass is 472 g/mol. The van der Waals surface area contributed by atoms with Crippen molar-refractivity contribution in [2.24, 2.45) is 5.92 Å². The third-order valence-corrected chi connectivity index (χ3v) is 6.09. The highest BCUT2D eigenvalue weighted by Crippen LogP contribution is 2.27. The highest BCUT2D eigenvalue weighted by Gasteiger charge is 2.28. The van der Waals surface area contributed by atoms with Crippen molar-refractivity contribution >= 4 is 36.9 Å². The van der Waals surface area contributed by atoms with Gasteiger partial charge in [-0.2, -0.15) is 0 Å². The number of hydrogen-bond acceptors (Lipinski definition) is 5. The van der Waals surface area contributed by atoms with Crippen molar-refractivity contribution in [2.75, 3.05) is 53.0 Å². The van der Waals surface area contributed by atoms with E-state index in [0.29, 0.717) is 6.61 Å². The Balaban J connectivity index is 0.00000240. The number of piperazine rings is 1. The average molecular weight is 473 g/mol. The Labute approximate surface area is 200 Å². The maximum atomic E-state index is 12.3. The highest BCUT2D eigenvalue weighted by atomic mass is 35.5. The van der Waals surface area contributed by atoms with Crippen molar-refractivity contribution in [3.05, 3.63) is 42.0 Å². The van der Waals surface area contributed by atoms with Crippen molar-refractivity contribution < 1.29 is 14.3 Å². The maximum Gasteiger partial charge on any atom is 0.309 e. The van der Waals surface area contributed by atoms with Crippen LogP contribution in [-0.2, 0) is 14.3 Å². The van der Waals surface area contributed by atoms with Gasteiger partial charge in [-0.1, -0.05) is 48.9 Å². The standard InChI is InChI=1S/C24H36N2O3.2ClH/c1-28-23-12-5-11-22(20-23)24(27)29-19-7-14-26-17-15-25(16-18-26)13-6-10-21-8-3-2-4-9-21;;/h2-4,6,8-10,22-23H,5,7,11-20H2,1H3;2*1H. The van der Waals surface area contributed by atoms with E-state index < -0.39 is 0 Å². The summed E-state index contributed by atoms with van der Waals surface area (Å²) in [5.41, 5.74) is 1.26. The summed E-state index contributed by atoms with van der Waals surface area (Å²) in [6, 6.07) is 10.4. The Bertz CT molecular complexity index is 637. The highest BCUT2D eigenvalue weighted by molar-refractivity contribution is 5.85. The van der Waals surface area contributed by atoms with Crippen LogP contribution in [0.3, 0.4) is 0 Å². The van der Waals surface area contributed by atoms with Gasteiger partial charge in [0.05, 0.1) is 18.6 Å². The number of carbonyl (C=O) groups excluding carboxylic acids is 1. The number of carbonyl (C=O) groups is 1. The largest absolute Gasteiger partial charge is 0.465 e. The van der Waals surface area contributed by atoms with Crippen LogP contribution in [0.5, 0.6) is 0 Å². The maximum absolute atomic E-state index is 12.3. The predicted molar refractivity (Wildman–Crippen MR) is 131 cm³/mol. The molecule has 7 heteroatoms. The summed E-state index contributed by atoms with van der Waals surface area (Å²) in [6.07, 6.45) is 9.47. The summed E-state index contributed by atoms with van der Waals surface area (Å²) in [4.78, 5) is 17.2. The van der Waals surface area contributed by atoms with E-state index in [1.165, 1.54) is 5.56 Å². The van der Waals surface area contributed by atoms with Crippen LogP contribution < -0.4 is 0 Å². The number of methoxy groups -OCH3 is 1. The molecule has 2 atom stereocenters. The summed E-state index contributed by atoms with van der Waals surface area (Å²) < 4.78 is 11.0. The topological polar surface area (TPSA) is 42.0 Å². The van der Waals surface area contributed by atoms with E-state index in [4.69, 9.17) is 9.47 Å². The molecule has 0 aromatic heterocycles. The van der Waals surface area contributed by atoms with Gasteiger partial charge >= 0.3 is 5.97 Å². The minimum atomic E-state index is -0.0261. The van der Waals surface area contributed by atoms with Crippen LogP contribution in [0.25, 0.3) is 6.08 Å². The van der Waals surface area contributed by atoms with E-state index in [1.54, 1.807) is 7.11 Å². The molecule has 176 valence electrons. The minimum absolute atomic E-state index is 0. The second-order valence-corrected chi connectivity index (χ2v) is 8.20. The zero-order valence-corrected chi connectivity index (χ0v) is 20.3. The SMILES string of the molecule is COC1CCCC(C(=O)OCCCN2CCN(CC=Cc3ccccc3)CC2)C1.Cl.Cl. The number of benzene rings is 1. The Morgan fingerprint density at radius 2 is 1.77 bits per heavy atom. The summed E-state index contributed by atoms with van der Waals surface area (Å²) in [5, 5.41) is 0. The van der Waals surface area contributed by atoms with Crippen LogP contribution in [0.4, 0.5) is 0 Å². The molecule has 1 aromatic carbocycles. The lowest BCUT2D eigenvalue weighted by atomic mass is 9.87. The van der Waals surface area contributed by atoms with Gasteiger partial charge in [0.1, 0.15) is 0 Å². The van der Waals surface area contributed by atoms with E-state index in [0.717, 1.165) is 71.4 Å². The molecule has 1 saturated heterocycles. The molecule has 0 N–H and O–H groups in total. The summed E-state index contributed by atoms with van der Waals surface area (Å²) in [5.74, 6) is 0.00274. The number of halogens is 2. The third kappa shape index (κ3) is 9.92. The number of ether oxygens (including phenoxy) is 2. The summed E-state index contributed by atoms with van der Waals surface area (Å²) in [6.45, 7) is 6.92. The van der Waals surface area contributed by atoms with Gasteiger partial charge in [0.2, 0.25) is 0 Å². The molecule has 2 fully saturated rings. The van der Waals surface area contributed by atoms with Crippen LogP contribution in [0, 0.1) is 5.92 Å². The lowest BCUT2D eigenvalue weighted by molar-refractivity contribution is -0.151. The molecule has 1 heterocycles. The Kier molecular flexibility index (Phi) is 14.1. The van der Waals surface area contributed by atoms with Crippen LogP contribution in [0.1, 0.15) is 37.7 Å². The molecule has 1 aliphatic carbocycles. The Morgan fingerprint density at radius 1 is 1.06 bits per heavy atom. The molecule has 0 amide bonds. The molecular formula is C24H38Cl2N2O3. The molecule has 0 spiro atoms. The molecule has 2 unspecified atom stereocenters. The van der Waals surface area contributed by atoms with Gasteiger partial charge in [-0.15, -0.1) is 24.8 Å². The van der Waals surface area contributed by atoms with Gasteiger partial charge in [0.15, 0.2) is 0 Å². The van der Waals surface area contributed by atoms with Crippen LogP contribution >= 0.6 is 24.8 Å². The summed E-state index contributed by atoms with van der Waals surface area (Å²) in [7, 11) is 1.73. The first-order valence-electron chi connectivity index (χ1n) is 11.1. The predicted octanol–water partition coefficient (Wildman–Crippen LogP) is 4.30. The van der Waals surface area contributed by atoms with Crippen molar-refractivity contribution in [1.82, 2.24) is 9.80 Å². The summed E-state index contributed by atoms with van der Waals surface area (Å²) >= 11 is 0. The Hall–Kier alpha value is -1.11. The van der Waals surface area contributed by atoms with Gasteiger partial charge < -0.3 is 14.4 Å². The van der Waals surface area contributed by atoms with Gasteiger partial charge in [-0.25, -0.2) is 0 Å². The van der Waals surface area contributed by atoms with E-state index >= 15 is 0 Å². The molecule has 1 saturated carbocycles. The van der Waals surface area contributed by atoms with Gasteiger partial charge in [0, 0.05) is 46.4 Å². The van der Waals surface area contributed by atoms with Crippen molar-refractivity contribution in [3.63, 3.8) is 0 Å². The fourth-order valence-electron chi connectivity index (χ4n) is 4.25. The fourth-order valence-corrected chi connectivity index (χ4v) is 4.25. The van der Waals surface area contributed by atoms with Crippen LogP contribution in [0.15, 0.2) is 36.4 Å². The molecule has 3 rings (SSSR count). The van der Waals surface area contributed by atoms with Crippen molar-refractivity contribution in [3.8, 4) is 0 Å². The quantitative estimate of drug-likeness (QED) is 0.395. The number of rotatable bonds is 9. The van der Waals surface area contributed by atoms with E-state index in [-0.39, 0.29) is 42.8 Å². The zero-order chi connectivity index (χ0) is 20.3. The molecule has 0 radical (unpaired) electrons. The van der Waals surface area contributed by atoms with Crippen LogP contribution in [-0.4, -0.2) is 74.9 Å². The molecule has 0 bridgehead atoms. The van der Waals surface area contributed by atoms with Gasteiger partial charge in [0.25, 0.3) is 0 Å². The first-order valence-corrected chi connectivity index (χ1v) is 11.1. The average Bonchev–Trinajstić information content (AvgIpc) is 2.78. The van der Waals surface area contributed by atoms with Crippen molar-refractivity contribution in [1.29, 1.82) is 0 Å². The van der Waals surface area contributed by atoms with Gasteiger partial charge in [-0.05, 0) is 31.2 Å². The minimum Gasteiger partial charge on any atom is -0.465 e. The molecule has 1 aliphatic heterocycles. The molecule has 5 nitrogen and oxygen atoms in total. The second-order valence-electron chi connectivity index (χ2n) is 8.20. The number of hydrogen-bond donors (Lipinski definition) is 0. The zero-order valence-electron chi connectivity index (χ0n) is 18.6. The number of nitrogens with zero attached hydrogens (tertiary/aromatic N) is 2. The van der Waals surface area contributed by atoms with Crippen LogP contribution in [0.2, 0.25) is 0 Å². The first-order chi connectivity index (χ1) is 14.2. The fraction of sp³-hybridized carbons (Fsp3) is 0.625. The molecule has 31 heavy (non-hydrogen) atoms. The van der Waals surface area contributed by atoms with Crippen molar-refractivity contribution in [2.45, 2.75) is 38.2 Å². The normalized spacial score (nSPS) is 22.5. The Morgan fingerprint density at radius 3 is 2.48 bits per heavy atom. The van der Waals surface area contributed by atoms with Gasteiger partial charge in [-0.3, -0.25) is 9.69 Å². The smallest absolute Gasteiger partial charge is 0.309 e. The second kappa shape index (κ2) is 15.7. The van der Waals surface area contributed by atoms with E-state index in [2.05, 4.69) is 46.2 Å². The number of esters is 1. The lowest BCUT2D eigenvalue weighted by Gasteiger charge is -2.34.